The van der Waals surface area contributed by atoms with E-state index in [0.717, 1.165) is 6.42 Å². The lowest BCUT2D eigenvalue weighted by Crippen LogP contribution is -2.55. The number of hydrogen-bond donors (Lipinski definition) is 2. The van der Waals surface area contributed by atoms with Gasteiger partial charge in [-0.3, -0.25) is 14.4 Å². The number of halogens is 1. The van der Waals surface area contributed by atoms with Gasteiger partial charge in [0.15, 0.2) is 0 Å². The average Bonchev–Trinajstić information content (AvgIpc) is 2.83. The molecular formula is C25H30ClN3O3. The van der Waals surface area contributed by atoms with E-state index in [-0.39, 0.29) is 29.7 Å². The van der Waals surface area contributed by atoms with E-state index in [1.165, 1.54) is 0 Å². The van der Waals surface area contributed by atoms with Crippen LogP contribution in [0.15, 0.2) is 54.6 Å². The van der Waals surface area contributed by atoms with Crippen LogP contribution in [0.4, 0.5) is 0 Å². The van der Waals surface area contributed by atoms with Crippen LogP contribution in [0.1, 0.15) is 53.8 Å². The molecule has 0 unspecified atom stereocenters. The van der Waals surface area contributed by atoms with E-state index in [4.69, 9.17) is 11.6 Å². The first kappa shape index (κ1) is 23.8. The van der Waals surface area contributed by atoms with Crippen molar-refractivity contribution in [3.8, 4) is 0 Å². The van der Waals surface area contributed by atoms with Gasteiger partial charge in [0.2, 0.25) is 5.91 Å². The molecule has 6 nitrogen and oxygen atoms in total. The molecule has 2 aromatic rings. The fraction of sp³-hybridized carbons (Fsp3) is 0.400. The monoisotopic (exact) mass is 455 g/mol. The molecule has 2 aromatic carbocycles. The normalized spacial score (nSPS) is 16.2. The molecule has 3 rings (SSSR count). The molecule has 3 amide bonds. The van der Waals surface area contributed by atoms with Gasteiger partial charge in [0.05, 0.1) is 0 Å². The van der Waals surface area contributed by atoms with Crippen LogP contribution in [0.2, 0.25) is 5.02 Å². The van der Waals surface area contributed by atoms with Crippen LogP contribution < -0.4 is 10.6 Å². The van der Waals surface area contributed by atoms with E-state index >= 15 is 0 Å². The number of piperidine rings is 1. The summed E-state index contributed by atoms with van der Waals surface area (Å²) in [6, 6.07) is 15.1. The van der Waals surface area contributed by atoms with Gasteiger partial charge in [-0.05, 0) is 68.5 Å². The SMILES string of the molecule is CC[C@@H](C)NC(=O)[C@@H](NC(=O)c1ccccc1)C1CCN(C(=O)c2ccc(Cl)cc2)CC1. The minimum absolute atomic E-state index is 0.0187. The summed E-state index contributed by atoms with van der Waals surface area (Å²) in [6.07, 6.45) is 2.07. The predicted octanol–water partition coefficient (Wildman–Crippen LogP) is 3.91. The molecule has 0 radical (unpaired) electrons. The minimum atomic E-state index is -0.649. The number of rotatable bonds is 7. The number of benzene rings is 2. The molecule has 1 fully saturated rings. The molecule has 1 aliphatic heterocycles. The lowest BCUT2D eigenvalue weighted by molar-refractivity contribution is -0.125. The molecule has 32 heavy (non-hydrogen) atoms. The van der Waals surface area contributed by atoms with E-state index < -0.39 is 6.04 Å². The smallest absolute Gasteiger partial charge is 0.253 e. The number of nitrogens with one attached hydrogen (secondary N) is 2. The van der Waals surface area contributed by atoms with Crippen LogP contribution in [0.3, 0.4) is 0 Å². The highest BCUT2D eigenvalue weighted by atomic mass is 35.5. The van der Waals surface area contributed by atoms with Crippen LogP contribution in [0, 0.1) is 5.92 Å². The molecule has 2 atom stereocenters. The maximum Gasteiger partial charge on any atom is 0.253 e. The summed E-state index contributed by atoms with van der Waals surface area (Å²) in [7, 11) is 0. The Morgan fingerprint density at radius 1 is 0.969 bits per heavy atom. The second-order valence-corrected chi connectivity index (χ2v) is 8.71. The fourth-order valence-electron chi connectivity index (χ4n) is 3.86. The van der Waals surface area contributed by atoms with E-state index in [1.54, 1.807) is 53.4 Å². The third-order valence-electron chi connectivity index (χ3n) is 6.00. The molecule has 0 aliphatic carbocycles. The third-order valence-corrected chi connectivity index (χ3v) is 6.25. The largest absolute Gasteiger partial charge is 0.352 e. The van der Waals surface area contributed by atoms with Crippen LogP contribution in [-0.4, -0.2) is 47.8 Å². The first-order valence-corrected chi connectivity index (χ1v) is 11.5. The van der Waals surface area contributed by atoms with Crippen molar-refractivity contribution >= 4 is 29.3 Å². The van der Waals surface area contributed by atoms with Gasteiger partial charge in [-0.1, -0.05) is 36.7 Å². The summed E-state index contributed by atoms with van der Waals surface area (Å²) in [5.41, 5.74) is 1.11. The van der Waals surface area contributed by atoms with Crippen LogP contribution >= 0.6 is 11.6 Å². The average molecular weight is 456 g/mol. The van der Waals surface area contributed by atoms with E-state index in [0.29, 0.717) is 42.1 Å². The molecule has 7 heteroatoms. The van der Waals surface area contributed by atoms with E-state index in [9.17, 15) is 14.4 Å². The Labute approximate surface area is 194 Å². The van der Waals surface area contributed by atoms with Crippen molar-refractivity contribution < 1.29 is 14.4 Å². The molecule has 0 saturated carbocycles. The summed E-state index contributed by atoms with van der Waals surface area (Å²) in [6.45, 7) is 5.01. The molecule has 2 N–H and O–H groups in total. The molecule has 1 heterocycles. The van der Waals surface area contributed by atoms with Gasteiger partial charge in [0.1, 0.15) is 6.04 Å². The van der Waals surface area contributed by atoms with Crippen molar-refractivity contribution in [3.05, 3.63) is 70.7 Å². The quantitative estimate of drug-likeness (QED) is 0.664. The highest BCUT2D eigenvalue weighted by Crippen LogP contribution is 2.23. The standard InChI is InChI=1S/C25H30ClN3O3/c1-3-17(2)27-24(31)22(28-23(30)19-7-5-4-6-8-19)18-13-15-29(16-14-18)25(32)20-9-11-21(26)12-10-20/h4-12,17-18,22H,3,13-16H2,1-2H3,(H,27,31)(H,28,30)/t17-,22+/m1/s1. The van der Waals surface area contributed by atoms with Gasteiger partial charge in [-0.2, -0.15) is 0 Å². The Bertz CT molecular complexity index is 925. The van der Waals surface area contributed by atoms with Crippen molar-refractivity contribution in [1.82, 2.24) is 15.5 Å². The molecule has 0 spiro atoms. The summed E-state index contributed by atoms with van der Waals surface area (Å²) in [5.74, 6) is -0.546. The van der Waals surface area contributed by atoms with Crippen LogP contribution in [0.5, 0.6) is 0 Å². The van der Waals surface area contributed by atoms with Crippen molar-refractivity contribution in [2.75, 3.05) is 13.1 Å². The molecule has 1 aliphatic rings. The van der Waals surface area contributed by atoms with Gasteiger partial charge in [-0.15, -0.1) is 0 Å². The summed E-state index contributed by atoms with van der Waals surface area (Å²) in [4.78, 5) is 40.4. The zero-order valence-electron chi connectivity index (χ0n) is 18.5. The van der Waals surface area contributed by atoms with Crippen molar-refractivity contribution in [2.45, 2.75) is 45.2 Å². The molecule has 170 valence electrons. The Balaban J connectivity index is 1.68. The Morgan fingerprint density at radius 3 is 2.19 bits per heavy atom. The Morgan fingerprint density at radius 2 is 1.59 bits per heavy atom. The van der Waals surface area contributed by atoms with Gasteiger partial charge in [0.25, 0.3) is 11.8 Å². The number of nitrogens with zero attached hydrogens (tertiary/aromatic N) is 1. The summed E-state index contributed by atoms with van der Waals surface area (Å²) >= 11 is 5.92. The zero-order valence-corrected chi connectivity index (χ0v) is 19.3. The number of amides is 3. The number of likely N-dealkylation sites (tertiary alicyclic amines) is 1. The highest BCUT2D eigenvalue weighted by Gasteiger charge is 2.34. The van der Waals surface area contributed by atoms with Crippen molar-refractivity contribution in [2.24, 2.45) is 5.92 Å². The topological polar surface area (TPSA) is 78.5 Å². The highest BCUT2D eigenvalue weighted by molar-refractivity contribution is 6.30. The number of carbonyl (C=O) groups is 3. The molecule has 0 bridgehead atoms. The van der Waals surface area contributed by atoms with Crippen molar-refractivity contribution in [3.63, 3.8) is 0 Å². The van der Waals surface area contributed by atoms with Crippen molar-refractivity contribution in [1.29, 1.82) is 0 Å². The molecule has 1 saturated heterocycles. The maximum absolute atomic E-state index is 13.0. The van der Waals surface area contributed by atoms with Crippen LogP contribution in [-0.2, 0) is 4.79 Å². The lowest BCUT2D eigenvalue weighted by Gasteiger charge is -2.36. The first-order chi connectivity index (χ1) is 15.4. The Kier molecular flexibility index (Phi) is 8.28. The maximum atomic E-state index is 13.0. The predicted molar refractivity (Wildman–Crippen MR) is 126 cm³/mol. The van der Waals surface area contributed by atoms with Crippen LogP contribution in [0.25, 0.3) is 0 Å². The lowest BCUT2D eigenvalue weighted by atomic mass is 9.88. The summed E-state index contributed by atoms with van der Waals surface area (Å²) < 4.78 is 0. The third kappa shape index (κ3) is 6.10. The van der Waals surface area contributed by atoms with Gasteiger partial charge in [-0.25, -0.2) is 0 Å². The number of hydrogen-bond acceptors (Lipinski definition) is 3. The first-order valence-electron chi connectivity index (χ1n) is 11.1. The molecular weight excluding hydrogens is 426 g/mol. The van der Waals surface area contributed by atoms with E-state index in [1.807, 2.05) is 19.9 Å². The van der Waals surface area contributed by atoms with Gasteiger partial charge < -0.3 is 15.5 Å². The Hall–Kier alpha value is -2.86. The van der Waals surface area contributed by atoms with Gasteiger partial charge >= 0.3 is 0 Å². The molecule has 0 aromatic heterocycles. The number of carbonyl (C=O) groups excluding carboxylic acids is 3. The minimum Gasteiger partial charge on any atom is -0.352 e. The van der Waals surface area contributed by atoms with Gasteiger partial charge in [0, 0.05) is 35.3 Å². The zero-order chi connectivity index (χ0) is 23.1. The van der Waals surface area contributed by atoms with E-state index in [2.05, 4.69) is 10.6 Å². The second-order valence-electron chi connectivity index (χ2n) is 8.27. The summed E-state index contributed by atoms with van der Waals surface area (Å²) in [5, 5.41) is 6.53. The second kappa shape index (κ2) is 11.1. The fourth-order valence-corrected chi connectivity index (χ4v) is 3.98.